The number of amides is 2. The molecule has 0 atom stereocenters. The minimum Gasteiger partial charge on any atom is -0.469 e. The van der Waals surface area contributed by atoms with Gasteiger partial charge in [0.15, 0.2) is 0 Å². The fourth-order valence-corrected chi connectivity index (χ4v) is 0.900. The number of methoxy groups -OCH3 is 2. The molecule has 8 heteroatoms. The molecular formula is C10H16N2O6. The quantitative estimate of drug-likeness (QED) is 0.470. The van der Waals surface area contributed by atoms with E-state index in [1.807, 2.05) is 0 Å². The summed E-state index contributed by atoms with van der Waals surface area (Å²) >= 11 is 0. The van der Waals surface area contributed by atoms with Crippen molar-refractivity contribution in [2.24, 2.45) is 0 Å². The first-order valence-corrected chi connectivity index (χ1v) is 5.21. The molecule has 2 N–H and O–H groups in total. The second-order valence-electron chi connectivity index (χ2n) is 3.25. The number of hydrogen-bond donors (Lipinski definition) is 2. The highest BCUT2D eigenvalue weighted by atomic mass is 16.5. The van der Waals surface area contributed by atoms with Gasteiger partial charge in [0, 0.05) is 12.8 Å². The highest BCUT2D eigenvalue weighted by Gasteiger charge is 2.09. The Balaban J connectivity index is 3.68. The van der Waals surface area contributed by atoms with Crippen LogP contribution >= 0.6 is 0 Å². The molecule has 0 saturated carbocycles. The van der Waals surface area contributed by atoms with Gasteiger partial charge >= 0.3 is 11.9 Å². The molecule has 0 bridgehead atoms. The summed E-state index contributed by atoms with van der Waals surface area (Å²) in [6.07, 6.45) is -0.325. The standard InChI is InChI=1S/C10H16N2O6/c1-17-9(15)5-3-7(13)11-12-8(14)4-6-10(16)18-2/h3-6H2,1-2H3,(H,11,13)(H,12,14). The van der Waals surface area contributed by atoms with Gasteiger partial charge in [-0.2, -0.15) is 0 Å². The van der Waals surface area contributed by atoms with Gasteiger partial charge in [0.1, 0.15) is 0 Å². The second-order valence-corrected chi connectivity index (χ2v) is 3.25. The van der Waals surface area contributed by atoms with Gasteiger partial charge in [0.05, 0.1) is 27.1 Å². The fourth-order valence-electron chi connectivity index (χ4n) is 0.900. The number of carbonyl (C=O) groups is 4. The van der Waals surface area contributed by atoms with Crippen LogP contribution in [0.25, 0.3) is 0 Å². The largest absolute Gasteiger partial charge is 0.469 e. The predicted octanol–water partition coefficient (Wildman–Crippen LogP) is -0.960. The van der Waals surface area contributed by atoms with Crippen molar-refractivity contribution in [1.29, 1.82) is 0 Å². The number of carbonyl (C=O) groups excluding carboxylic acids is 4. The van der Waals surface area contributed by atoms with Gasteiger partial charge in [-0.3, -0.25) is 30.0 Å². The third-order valence-corrected chi connectivity index (χ3v) is 1.91. The molecule has 0 radical (unpaired) electrons. The summed E-state index contributed by atoms with van der Waals surface area (Å²) in [5.74, 6) is -2.07. The molecule has 0 aromatic rings. The van der Waals surface area contributed by atoms with Crippen LogP contribution in [0.15, 0.2) is 0 Å². The average Bonchev–Trinajstić information content (AvgIpc) is 2.39. The zero-order valence-corrected chi connectivity index (χ0v) is 10.3. The number of ether oxygens (including phenoxy) is 2. The first-order valence-electron chi connectivity index (χ1n) is 5.21. The smallest absolute Gasteiger partial charge is 0.306 e. The molecule has 0 unspecified atom stereocenters. The van der Waals surface area contributed by atoms with Crippen LogP contribution in [0, 0.1) is 0 Å². The predicted molar refractivity (Wildman–Crippen MR) is 58.8 cm³/mol. The van der Waals surface area contributed by atoms with Crippen LogP contribution in [-0.2, 0) is 28.7 Å². The molecule has 0 aromatic heterocycles. The van der Waals surface area contributed by atoms with E-state index in [0.29, 0.717) is 0 Å². The van der Waals surface area contributed by atoms with Gasteiger partial charge in [0.25, 0.3) is 0 Å². The molecule has 0 aliphatic rings. The first kappa shape index (κ1) is 15.9. The van der Waals surface area contributed by atoms with E-state index in [4.69, 9.17) is 0 Å². The lowest BCUT2D eigenvalue weighted by molar-refractivity contribution is -0.143. The van der Waals surface area contributed by atoms with Crippen LogP contribution in [0.5, 0.6) is 0 Å². The van der Waals surface area contributed by atoms with Gasteiger partial charge in [-0.1, -0.05) is 0 Å². The molecule has 0 fully saturated rings. The van der Waals surface area contributed by atoms with Crippen LogP contribution in [0.1, 0.15) is 25.7 Å². The summed E-state index contributed by atoms with van der Waals surface area (Å²) in [6.45, 7) is 0. The summed E-state index contributed by atoms with van der Waals surface area (Å²) in [6, 6.07) is 0. The van der Waals surface area contributed by atoms with E-state index in [-0.39, 0.29) is 25.7 Å². The molecule has 0 spiro atoms. The second kappa shape index (κ2) is 8.97. The third kappa shape index (κ3) is 8.08. The van der Waals surface area contributed by atoms with Crippen molar-refractivity contribution >= 4 is 23.8 Å². The fraction of sp³-hybridized carbons (Fsp3) is 0.600. The summed E-state index contributed by atoms with van der Waals surface area (Å²) in [5, 5.41) is 0. The lowest BCUT2D eigenvalue weighted by atomic mass is 10.3. The van der Waals surface area contributed by atoms with E-state index in [2.05, 4.69) is 20.3 Å². The topological polar surface area (TPSA) is 111 Å². The van der Waals surface area contributed by atoms with Gasteiger partial charge in [-0.25, -0.2) is 0 Å². The van der Waals surface area contributed by atoms with E-state index in [1.165, 1.54) is 14.2 Å². The van der Waals surface area contributed by atoms with Crippen LogP contribution in [-0.4, -0.2) is 38.0 Å². The van der Waals surface area contributed by atoms with Crippen molar-refractivity contribution in [3.63, 3.8) is 0 Å². The molecule has 0 saturated heterocycles. The lowest BCUT2D eigenvalue weighted by Gasteiger charge is -2.06. The van der Waals surface area contributed by atoms with Crippen molar-refractivity contribution in [2.75, 3.05) is 14.2 Å². The van der Waals surface area contributed by atoms with Crippen molar-refractivity contribution in [3.8, 4) is 0 Å². The highest BCUT2D eigenvalue weighted by molar-refractivity contribution is 5.85. The van der Waals surface area contributed by atoms with Crippen molar-refractivity contribution < 1.29 is 28.7 Å². The SMILES string of the molecule is COC(=O)CCC(=O)NNC(=O)CCC(=O)OC. The van der Waals surface area contributed by atoms with Crippen LogP contribution in [0.3, 0.4) is 0 Å². The van der Waals surface area contributed by atoms with Gasteiger partial charge in [-0.15, -0.1) is 0 Å². The molecule has 0 aromatic carbocycles. The van der Waals surface area contributed by atoms with Gasteiger partial charge in [-0.05, 0) is 0 Å². The highest BCUT2D eigenvalue weighted by Crippen LogP contribution is 1.92. The van der Waals surface area contributed by atoms with Gasteiger partial charge in [0.2, 0.25) is 11.8 Å². The lowest BCUT2D eigenvalue weighted by Crippen LogP contribution is -2.41. The number of nitrogens with one attached hydrogen (secondary N) is 2. The Morgan fingerprint density at radius 3 is 1.33 bits per heavy atom. The van der Waals surface area contributed by atoms with Crippen molar-refractivity contribution in [3.05, 3.63) is 0 Å². The average molecular weight is 260 g/mol. The van der Waals surface area contributed by atoms with E-state index < -0.39 is 23.8 Å². The molecule has 2 amide bonds. The minimum absolute atomic E-state index is 0.0691. The Hall–Kier alpha value is -2.12. The first-order chi connectivity index (χ1) is 8.49. The third-order valence-electron chi connectivity index (χ3n) is 1.91. The molecule has 0 aliphatic carbocycles. The summed E-state index contributed by atoms with van der Waals surface area (Å²) in [4.78, 5) is 43.7. The maximum Gasteiger partial charge on any atom is 0.306 e. The molecular weight excluding hydrogens is 244 g/mol. The van der Waals surface area contributed by atoms with Crippen molar-refractivity contribution in [1.82, 2.24) is 10.9 Å². The number of hydrazine groups is 1. The normalized spacial score (nSPS) is 9.22. The molecule has 0 rings (SSSR count). The Morgan fingerprint density at radius 1 is 0.722 bits per heavy atom. The summed E-state index contributed by atoms with van der Waals surface area (Å²) in [5.41, 5.74) is 4.21. The minimum atomic E-state index is -0.521. The zero-order valence-electron chi connectivity index (χ0n) is 10.3. The van der Waals surface area contributed by atoms with Crippen molar-refractivity contribution in [2.45, 2.75) is 25.7 Å². The zero-order chi connectivity index (χ0) is 14.0. The molecule has 0 aliphatic heterocycles. The maximum absolute atomic E-state index is 11.1. The Kier molecular flexibility index (Phi) is 7.91. The Labute approximate surface area is 104 Å². The molecule has 0 heterocycles. The molecule has 8 nitrogen and oxygen atoms in total. The van der Waals surface area contributed by atoms with Gasteiger partial charge < -0.3 is 9.47 Å². The summed E-state index contributed by atoms with van der Waals surface area (Å²) < 4.78 is 8.69. The Morgan fingerprint density at radius 2 is 1.06 bits per heavy atom. The van der Waals surface area contributed by atoms with Crippen LogP contribution < -0.4 is 10.9 Å². The molecule has 102 valence electrons. The number of esters is 2. The summed E-state index contributed by atoms with van der Waals surface area (Å²) in [7, 11) is 2.43. The number of rotatable bonds is 6. The van der Waals surface area contributed by atoms with Crippen LogP contribution in [0.2, 0.25) is 0 Å². The van der Waals surface area contributed by atoms with E-state index in [1.54, 1.807) is 0 Å². The van der Waals surface area contributed by atoms with E-state index in [0.717, 1.165) is 0 Å². The van der Waals surface area contributed by atoms with E-state index in [9.17, 15) is 19.2 Å². The van der Waals surface area contributed by atoms with Crippen LogP contribution in [0.4, 0.5) is 0 Å². The maximum atomic E-state index is 11.1. The number of hydrogen-bond acceptors (Lipinski definition) is 6. The monoisotopic (exact) mass is 260 g/mol. The van der Waals surface area contributed by atoms with E-state index >= 15 is 0 Å². The molecule has 18 heavy (non-hydrogen) atoms. The Bertz CT molecular complexity index is 296.